The van der Waals surface area contributed by atoms with Crippen molar-refractivity contribution in [3.63, 3.8) is 0 Å². The van der Waals surface area contributed by atoms with Crippen molar-refractivity contribution < 1.29 is 4.11 Å². The van der Waals surface area contributed by atoms with Crippen LogP contribution in [-0.2, 0) is 0 Å². The largest absolute Gasteiger partial charge is 0.256 e. The van der Waals surface area contributed by atoms with Crippen LogP contribution in [0, 0.1) is 20.7 Å². The average molecular weight is 200 g/mol. The summed E-state index contributed by atoms with van der Waals surface area (Å²) in [7, 11) is 0. The molecule has 0 spiro atoms. The zero-order valence-electron chi connectivity index (χ0n) is 11.9. The van der Waals surface area contributed by atoms with Gasteiger partial charge in [-0.25, -0.2) is 0 Å². The first-order valence-electron chi connectivity index (χ1n) is 6.42. The second-order valence-corrected chi connectivity index (χ2v) is 3.73. The first kappa shape index (κ1) is 6.78. The number of benzene rings is 1. The van der Waals surface area contributed by atoms with E-state index in [1.165, 1.54) is 17.3 Å². The van der Waals surface area contributed by atoms with E-state index < -0.39 is 6.85 Å². The standard InChI is InChI=1S/C14H15N/c1-10-4-7-14(15-9-10)13-6-5-11(2)12(3)8-13/h4-9H,1-3H3/i1D3. The lowest BCUT2D eigenvalue weighted by molar-refractivity contribution is 1.26. The van der Waals surface area contributed by atoms with E-state index in [-0.39, 0.29) is 5.56 Å². The van der Waals surface area contributed by atoms with E-state index >= 15 is 0 Å². The smallest absolute Gasteiger partial charge is 0.0702 e. The summed E-state index contributed by atoms with van der Waals surface area (Å²) in [6.45, 7) is 2.02. The highest BCUT2D eigenvalue weighted by Crippen LogP contribution is 2.20. The quantitative estimate of drug-likeness (QED) is 0.684. The summed E-state index contributed by atoms with van der Waals surface area (Å²) < 4.78 is 21.9. The first-order valence-corrected chi connectivity index (χ1v) is 4.92. The zero-order chi connectivity index (χ0) is 13.3. The van der Waals surface area contributed by atoms with Crippen LogP contribution < -0.4 is 0 Å². The van der Waals surface area contributed by atoms with Gasteiger partial charge in [-0.2, -0.15) is 0 Å². The fourth-order valence-electron chi connectivity index (χ4n) is 1.47. The summed E-state index contributed by atoms with van der Waals surface area (Å²) in [6, 6.07) is 9.48. The molecule has 2 aromatic rings. The molecule has 1 aromatic carbocycles. The Kier molecular flexibility index (Phi) is 1.74. The molecule has 0 fully saturated rings. The van der Waals surface area contributed by atoms with Crippen LogP contribution in [0.15, 0.2) is 36.5 Å². The van der Waals surface area contributed by atoms with Crippen molar-refractivity contribution >= 4 is 0 Å². The Bertz CT molecular complexity index is 556. The predicted octanol–water partition coefficient (Wildman–Crippen LogP) is 3.67. The second kappa shape index (κ2) is 3.85. The normalized spacial score (nSPS) is 14.1. The van der Waals surface area contributed by atoms with Crippen molar-refractivity contribution in [1.29, 1.82) is 0 Å². The molecule has 1 aromatic heterocycles. The Balaban J connectivity index is 2.37. The van der Waals surface area contributed by atoms with Gasteiger partial charge in [0, 0.05) is 15.9 Å². The number of pyridine rings is 1. The molecule has 2 rings (SSSR count). The SMILES string of the molecule is [2H]C([2H])([2H])c1ccc(-c2ccc(C)c(C)c2)nc1. The molecule has 0 radical (unpaired) electrons. The third-order valence-electron chi connectivity index (χ3n) is 2.57. The third-order valence-corrected chi connectivity index (χ3v) is 2.57. The van der Waals surface area contributed by atoms with Crippen molar-refractivity contribution in [3.8, 4) is 11.3 Å². The molecule has 0 bridgehead atoms. The maximum atomic E-state index is 7.30. The number of hydrogen-bond donors (Lipinski definition) is 0. The molecular weight excluding hydrogens is 182 g/mol. The number of hydrogen-bond acceptors (Lipinski definition) is 1. The summed E-state index contributed by atoms with van der Waals surface area (Å²) in [5.41, 5.74) is 4.52. The molecule has 1 heterocycles. The summed E-state index contributed by atoms with van der Waals surface area (Å²) >= 11 is 0. The van der Waals surface area contributed by atoms with Gasteiger partial charge in [-0.05, 0) is 49.5 Å². The van der Waals surface area contributed by atoms with Gasteiger partial charge in [0.15, 0.2) is 0 Å². The molecule has 0 unspecified atom stereocenters. The molecule has 0 N–H and O–H groups in total. The molecule has 0 aliphatic carbocycles. The molecule has 0 atom stereocenters. The summed E-state index contributed by atoms with van der Waals surface area (Å²) in [6.07, 6.45) is 1.43. The van der Waals surface area contributed by atoms with Crippen molar-refractivity contribution in [2.45, 2.75) is 20.7 Å². The van der Waals surface area contributed by atoms with E-state index in [1.54, 1.807) is 12.1 Å². The van der Waals surface area contributed by atoms with E-state index in [0.717, 1.165) is 11.3 Å². The Morgan fingerprint density at radius 2 is 1.93 bits per heavy atom. The molecular formula is C14H15N. The predicted molar refractivity (Wildman–Crippen MR) is 63.9 cm³/mol. The highest BCUT2D eigenvalue weighted by Gasteiger charge is 2.00. The maximum absolute atomic E-state index is 7.30. The van der Waals surface area contributed by atoms with E-state index in [0.29, 0.717) is 0 Å². The number of aryl methyl sites for hydroxylation is 3. The average Bonchev–Trinajstić information content (AvgIpc) is 2.32. The van der Waals surface area contributed by atoms with Crippen molar-refractivity contribution in [3.05, 3.63) is 53.2 Å². The molecule has 0 saturated carbocycles. The number of aromatic nitrogens is 1. The van der Waals surface area contributed by atoms with Gasteiger partial charge in [0.25, 0.3) is 0 Å². The lowest BCUT2D eigenvalue weighted by atomic mass is 10.0. The summed E-state index contributed by atoms with van der Waals surface area (Å²) in [5, 5.41) is 0. The van der Waals surface area contributed by atoms with Crippen LogP contribution in [0.5, 0.6) is 0 Å². The third kappa shape index (κ3) is 2.07. The minimum atomic E-state index is -2.09. The van der Waals surface area contributed by atoms with E-state index in [9.17, 15) is 0 Å². The van der Waals surface area contributed by atoms with E-state index in [1.807, 2.05) is 12.1 Å². The zero-order valence-corrected chi connectivity index (χ0v) is 8.91. The van der Waals surface area contributed by atoms with E-state index in [4.69, 9.17) is 4.11 Å². The van der Waals surface area contributed by atoms with E-state index in [2.05, 4.69) is 24.9 Å². The Hall–Kier alpha value is -1.63. The van der Waals surface area contributed by atoms with Crippen molar-refractivity contribution in [1.82, 2.24) is 4.98 Å². The van der Waals surface area contributed by atoms with Crippen LogP contribution in [-0.4, -0.2) is 4.98 Å². The van der Waals surface area contributed by atoms with Crippen LogP contribution in [0.2, 0.25) is 0 Å². The fraction of sp³-hybridized carbons (Fsp3) is 0.214. The monoisotopic (exact) mass is 200 g/mol. The van der Waals surface area contributed by atoms with Crippen LogP contribution in [0.25, 0.3) is 11.3 Å². The maximum Gasteiger partial charge on any atom is 0.0702 e. The van der Waals surface area contributed by atoms with Crippen LogP contribution >= 0.6 is 0 Å². The molecule has 0 amide bonds. The Morgan fingerprint density at radius 1 is 1.07 bits per heavy atom. The van der Waals surface area contributed by atoms with Crippen LogP contribution in [0.3, 0.4) is 0 Å². The lowest BCUT2D eigenvalue weighted by Gasteiger charge is -2.04. The van der Waals surface area contributed by atoms with Gasteiger partial charge in [0.05, 0.1) is 5.69 Å². The molecule has 0 aliphatic heterocycles. The lowest BCUT2D eigenvalue weighted by Crippen LogP contribution is -1.86. The van der Waals surface area contributed by atoms with Gasteiger partial charge >= 0.3 is 0 Å². The minimum absolute atomic E-state index is 0.273. The second-order valence-electron chi connectivity index (χ2n) is 3.73. The Morgan fingerprint density at radius 3 is 2.53 bits per heavy atom. The minimum Gasteiger partial charge on any atom is -0.256 e. The highest BCUT2D eigenvalue weighted by atomic mass is 14.7. The van der Waals surface area contributed by atoms with Gasteiger partial charge in [-0.15, -0.1) is 0 Å². The van der Waals surface area contributed by atoms with Gasteiger partial charge in [-0.1, -0.05) is 18.2 Å². The van der Waals surface area contributed by atoms with Crippen LogP contribution in [0.1, 0.15) is 20.8 Å². The van der Waals surface area contributed by atoms with Crippen LogP contribution in [0.4, 0.5) is 0 Å². The fourth-order valence-corrected chi connectivity index (χ4v) is 1.47. The summed E-state index contributed by atoms with van der Waals surface area (Å²) in [4.78, 5) is 4.23. The molecule has 76 valence electrons. The number of nitrogens with zero attached hydrogens (tertiary/aromatic N) is 1. The van der Waals surface area contributed by atoms with Gasteiger partial charge in [-0.3, -0.25) is 4.98 Å². The van der Waals surface area contributed by atoms with Crippen molar-refractivity contribution in [2.75, 3.05) is 0 Å². The first-order chi connectivity index (χ1) is 8.38. The molecule has 1 heteroatoms. The number of rotatable bonds is 1. The molecule has 15 heavy (non-hydrogen) atoms. The molecule has 0 saturated heterocycles. The van der Waals surface area contributed by atoms with Gasteiger partial charge in [0.1, 0.15) is 0 Å². The van der Waals surface area contributed by atoms with Gasteiger partial charge < -0.3 is 0 Å². The topological polar surface area (TPSA) is 12.9 Å². The van der Waals surface area contributed by atoms with Crippen molar-refractivity contribution in [2.24, 2.45) is 0 Å². The molecule has 1 nitrogen and oxygen atoms in total. The Labute approximate surface area is 95.0 Å². The highest BCUT2D eigenvalue weighted by molar-refractivity contribution is 5.60. The molecule has 0 aliphatic rings. The summed E-state index contributed by atoms with van der Waals surface area (Å²) in [5.74, 6) is 0. The van der Waals surface area contributed by atoms with Gasteiger partial charge in [0.2, 0.25) is 0 Å².